The van der Waals surface area contributed by atoms with Gasteiger partial charge in [-0.2, -0.15) is 4.31 Å². The summed E-state index contributed by atoms with van der Waals surface area (Å²) in [6.45, 7) is 5.06. The molecule has 0 bridgehead atoms. The van der Waals surface area contributed by atoms with E-state index in [1.54, 1.807) is 0 Å². The van der Waals surface area contributed by atoms with Crippen LogP contribution in [0.2, 0.25) is 0 Å². The molecule has 2 unspecified atom stereocenters. The summed E-state index contributed by atoms with van der Waals surface area (Å²) in [5, 5.41) is -0.152. The summed E-state index contributed by atoms with van der Waals surface area (Å²) in [6, 6.07) is 2.69. The van der Waals surface area contributed by atoms with Gasteiger partial charge in [-0.15, -0.1) is 0 Å². The van der Waals surface area contributed by atoms with E-state index in [2.05, 4.69) is 0 Å². The first-order chi connectivity index (χ1) is 7.95. The summed E-state index contributed by atoms with van der Waals surface area (Å²) in [4.78, 5) is 10.5. The van der Waals surface area contributed by atoms with Gasteiger partial charge in [0.15, 0.2) is 12.0 Å². The number of hydrogen-bond donors (Lipinski definition) is 0. The second-order valence-electron chi connectivity index (χ2n) is 4.55. The lowest BCUT2D eigenvalue weighted by Gasteiger charge is -2.13. The summed E-state index contributed by atoms with van der Waals surface area (Å²) in [5.74, 6) is 0.708. The highest BCUT2D eigenvalue weighted by Crippen LogP contribution is 2.28. The molecule has 2 rings (SSSR count). The van der Waals surface area contributed by atoms with E-state index in [1.807, 2.05) is 13.8 Å². The second kappa shape index (κ2) is 4.27. The molecule has 0 aliphatic carbocycles. The Morgan fingerprint density at radius 1 is 1.29 bits per heavy atom. The smallest absolute Gasteiger partial charge is 0.276 e. The average Bonchev–Trinajstić information content (AvgIpc) is 2.87. The van der Waals surface area contributed by atoms with E-state index in [0.29, 0.717) is 31.2 Å². The Hall–Kier alpha value is -1.14. The van der Waals surface area contributed by atoms with Crippen LogP contribution in [-0.2, 0) is 10.0 Å². The number of rotatable bonds is 3. The molecule has 1 aliphatic heterocycles. The standard InChI is InChI=1S/C11H15NO4S/c1-8-5-12(6-9(8)2)17(14,15)11-4-3-10(7-13)16-11/h3-4,7-9H,5-6H2,1-2H3. The molecule has 17 heavy (non-hydrogen) atoms. The van der Waals surface area contributed by atoms with Gasteiger partial charge in [0.25, 0.3) is 10.0 Å². The molecule has 0 saturated carbocycles. The molecule has 1 saturated heterocycles. The van der Waals surface area contributed by atoms with Crippen LogP contribution in [0.25, 0.3) is 0 Å². The van der Waals surface area contributed by atoms with Crippen molar-refractivity contribution in [3.8, 4) is 0 Å². The fourth-order valence-electron chi connectivity index (χ4n) is 1.94. The zero-order chi connectivity index (χ0) is 12.6. The quantitative estimate of drug-likeness (QED) is 0.767. The average molecular weight is 257 g/mol. The van der Waals surface area contributed by atoms with Crippen LogP contribution in [0.5, 0.6) is 0 Å². The number of furan rings is 1. The van der Waals surface area contributed by atoms with Crippen LogP contribution in [0.1, 0.15) is 24.4 Å². The van der Waals surface area contributed by atoms with Crippen LogP contribution in [-0.4, -0.2) is 32.1 Å². The molecule has 5 nitrogen and oxygen atoms in total. The summed E-state index contributed by atoms with van der Waals surface area (Å²) >= 11 is 0. The van der Waals surface area contributed by atoms with Gasteiger partial charge in [0.2, 0.25) is 5.09 Å². The van der Waals surface area contributed by atoms with Gasteiger partial charge < -0.3 is 4.42 Å². The number of aldehydes is 1. The molecule has 1 fully saturated rings. The molecule has 2 atom stereocenters. The highest BCUT2D eigenvalue weighted by molar-refractivity contribution is 7.89. The highest BCUT2D eigenvalue weighted by atomic mass is 32.2. The van der Waals surface area contributed by atoms with Crippen molar-refractivity contribution in [2.75, 3.05) is 13.1 Å². The molecular weight excluding hydrogens is 242 g/mol. The molecule has 1 aromatic heterocycles. The predicted molar refractivity (Wildman–Crippen MR) is 61.2 cm³/mol. The van der Waals surface area contributed by atoms with Crippen LogP contribution in [0.4, 0.5) is 0 Å². The van der Waals surface area contributed by atoms with Crippen LogP contribution < -0.4 is 0 Å². The topological polar surface area (TPSA) is 67.6 Å². The minimum Gasteiger partial charge on any atom is -0.440 e. The molecule has 0 radical (unpaired) electrons. The predicted octanol–water partition coefficient (Wildman–Crippen LogP) is 1.37. The monoisotopic (exact) mass is 257 g/mol. The lowest BCUT2D eigenvalue weighted by atomic mass is 10.0. The Kier molecular flexibility index (Phi) is 3.09. The molecule has 0 amide bonds. The molecule has 6 heteroatoms. The molecule has 0 spiro atoms. The van der Waals surface area contributed by atoms with E-state index in [9.17, 15) is 13.2 Å². The number of carbonyl (C=O) groups is 1. The molecule has 1 aromatic rings. The van der Waals surface area contributed by atoms with Crippen molar-refractivity contribution in [1.82, 2.24) is 4.31 Å². The number of hydrogen-bond acceptors (Lipinski definition) is 4. The molecule has 94 valence electrons. The van der Waals surface area contributed by atoms with Gasteiger partial charge in [-0.25, -0.2) is 8.42 Å². The third kappa shape index (κ3) is 2.14. The lowest BCUT2D eigenvalue weighted by Crippen LogP contribution is -2.28. The van der Waals surface area contributed by atoms with Crippen molar-refractivity contribution in [3.05, 3.63) is 17.9 Å². The minimum absolute atomic E-state index is 0.0314. The van der Waals surface area contributed by atoms with Crippen LogP contribution in [0.15, 0.2) is 21.6 Å². The number of nitrogens with zero attached hydrogens (tertiary/aromatic N) is 1. The van der Waals surface area contributed by atoms with Crippen LogP contribution in [0.3, 0.4) is 0 Å². The van der Waals surface area contributed by atoms with Gasteiger partial charge in [-0.1, -0.05) is 13.8 Å². The number of sulfonamides is 1. The maximum atomic E-state index is 12.2. The Labute approximate surface area is 100 Å². The van der Waals surface area contributed by atoms with Crippen molar-refractivity contribution in [2.24, 2.45) is 11.8 Å². The fraction of sp³-hybridized carbons (Fsp3) is 0.545. The van der Waals surface area contributed by atoms with E-state index in [1.165, 1.54) is 16.4 Å². The highest BCUT2D eigenvalue weighted by Gasteiger charge is 2.36. The van der Waals surface area contributed by atoms with Crippen molar-refractivity contribution >= 4 is 16.3 Å². The zero-order valence-corrected chi connectivity index (χ0v) is 10.6. The summed E-state index contributed by atoms with van der Waals surface area (Å²) in [7, 11) is -3.59. The van der Waals surface area contributed by atoms with E-state index >= 15 is 0 Å². The first kappa shape index (κ1) is 12.3. The normalized spacial score (nSPS) is 26.2. The van der Waals surface area contributed by atoms with Gasteiger partial charge in [0.05, 0.1) is 0 Å². The second-order valence-corrected chi connectivity index (χ2v) is 6.42. The molecule has 0 aromatic carbocycles. The van der Waals surface area contributed by atoms with Crippen LogP contribution >= 0.6 is 0 Å². The third-order valence-corrected chi connectivity index (χ3v) is 4.97. The summed E-state index contributed by atoms with van der Waals surface area (Å²) in [6.07, 6.45) is 0.494. The minimum atomic E-state index is -3.59. The largest absolute Gasteiger partial charge is 0.440 e. The maximum absolute atomic E-state index is 12.2. The Balaban J connectivity index is 2.28. The SMILES string of the molecule is CC1CN(S(=O)(=O)c2ccc(C=O)o2)CC1C. The van der Waals surface area contributed by atoms with E-state index in [4.69, 9.17) is 4.42 Å². The Bertz CT molecular complexity index is 509. The molecule has 1 aliphatic rings. The summed E-state index contributed by atoms with van der Waals surface area (Å²) < 4.78 is 30.7. The van der Waals surface area contributed by atoms with Gasteiger partial charge in [0, 0.05) is 13.1 Å². The van der Waals surface area contributed by atoms with Crippen LogP contribution in [0, 0.1) is 11.8 Å². The maximum Gasteiger partial charge on any atom is 0.276 e. The van der Waals surface area contributed by atoms with E-state index < -0.39 is 10.0 Å². The fourth-order valence-corrected chi connectivity index (χ4v) is 3.50. The van der Waals surface area contributed by atoms with Crippen molar-refractivity contribution in [2.45, 2.75) is 18.9 Å². The van der Waals surface area contributed by atoms with Gasteiger partial charge in [0.1, 0.15) is 0 Å². The van der Waals surface area contributed by atoms with Gasteiger partial charge in [-0.05, 0) is 24.0 Å². The lowest BCUT2D eigenvalue weighted by molar-refractivity contribution is 0.109. The van der Waals surface area contributed by atoms with Crippen molar-refractivity contribution < 1.29 is 17.6 Å². The molecular formula is C11H15NO4S. The Morgan fingerprint density at radius 2 is 1.88 bits per heavy atom. The van der Waals surface area contributed by atoms with Crippen molar-refractivity contribution in [1.29, 1.82) is 0 Å². The van der Waals surface area contributed by atoms with E-state index in [-0.39, 0.29) is 10.9 Å². The third-order valence-electron chi connectivity index (χ3n) is 3.27. The first-order valence-corrected chi connectivity index (χ1v) is 6.94. The number of carbonyl (C=O) groups excluding carboxylic acids is 1. The summed E-state index contributed by atoms with van der Waals surface area (Å²) in [5.41, 5.74) is 0. The van der Waals surface area contributed by atoms with Gasteiger partial charge >= 0.3 is 0 Å². The molecule has 2 heterocycles. The molecule has 0 N–H and O–H groups in total. The zero-order valence-electron chi connectivity index (χ0n) is 9.79. The van der Waals surface area contributed by atoms with Gasteiger partial charge in [-0.3, -0.25) is 4.79 Å². The Morgan fingerprint density at radius 3 is 2.35 bits per heavy atom. The van der Waals surface area contributed by atoms with Crippen molar-refractivity contribution in [3.63, 3.8) is 0 Å². The van der Waals surface area contributed by atoms with E-state index in [0.717, 1.165) is 0 Å². The first-order valence-electron chi connectivity index (χ1n) is 5.50.